The van der Waals surface area contributed by atoms with E-state index in [1.165, 1.54) is 5.56 Å². The van der Waals surface area contributed by atoms with Crippen LogP contribution in [0.3, 0.4) is 0 Å². The van der Waals surface area contributed by atoms with Crippen molar-refractivity contribution in [3.05, 3.63) is 29.8 Å². The molecule has 0 radical (unpaired) electrons. The van der Waals surface area contributed by atoms with E-state index in [1.54, 1.807) is 7.11 Å². The molecule has 0 heterocycles. The molecule has 0 amide bonds. The Morgan fingerprint density at radius 2 is 2.00 bits per heavy atom. The largest absolute Gasteiger partial charge is 0.398 e. The number of hydrogen-bond acceptors (Lipinski definition) is 3. The minimum absolute atomic E-state index is 0.650. The molecular weight excluding hydrogens is 212 g/mol. The Morgan fingerprint density at radius 1 is 1.29 bits per heavy atom. The Kier molecular flexibility index (Phi) is 6.01. The van der Waals surface area contributed by atoms with E-state index in [2.05, 4.69) is 24.8 Å². The van der Waals surface area contributed by atoms with Crippen molar-refractivity contribution in [2.24, 2.45) is 5.92 Å². The van der Waals surface area contributed by atoms with Gasteiger partial charge in [-0.1, -0.05) is 32.0 Å². The van der Waals surface area contributed by atoms with Gasteiger partial charge < -0.3 is 10.5 Å². The van der Waals surface area contributed by atoms with E-state index >= 15 is 0 Å². The second-order valence-corrected chi connectivity index (χ2v) is 4.82. The average molecular weight is 236 g/mol. The summed E-state index contributed by atoms with van der Waals surface area (Å²) in [6, 6.07) is 8.06. The number of nitrogen functional groups attached to an aromatic ring is 1. The highest BCUT2D eigenvalue weighted by atomic mass is 16.5. The number of rotatable bonds is 7. The van der Waals surface area contributed by atoms with E-state index in [0.717, 1.165) is 31.9 Å². The fraction of sp³-hybridized carbons (Fsp3) is 0.571. The first kappa shape index (κ1) is 14.0. The van der Waals surface area contributed by atoms with Crippen LogP contribution in [0.2, 0.25) is 0 Å². The quantitative estimate of drug-likeness (QED) is 0.739. The molecular formula is C14H24N2O. The normalized spacial score (nSPS) is 11.4. The Balaban J connectivity index is 2.61. The molecule has 0 atom stereocenters. The maximum Gasteiger partial charge on any atom is 0.0589 e. The van der Waals surface area contributed by atoms with Crippen LogP contribution in [0.15, 0.2) is 24.3 Å². The summed E-state index contributed by atoms with van der Waals surface area (Å²) in [5, 5.41) is 0. The van der Waals surface area contributed by atoms with Gasteiger partial charge in [-0.3, -0.25) is 4.90 Å². The molecule has 0 saturated carbocycles. The Morgan fingerprint density at radius 3 is 2.59 bits per heavy atom. The highest BCUT2D eigenvalue weighted by Gasteiger charge is 2.09. The zero-order valence-corrected chi connectivity index (χ0v) is 11.1. The molecule has 0 aliphatic rings. The third-order valence-electron chi connectivity index (χ3n) is 2.68. The molecule has 0 unspecified atom stereocenters. The van der Waals surface area contributed by atoms with Crippen LogP contribution in [0, 0.1) is 5.92 Å². The minimum atomic E-state index is 0.650. The summed E-state index contributed by atoms with van der Waals surface area (Å²) in [6.07, 6.45) is 0. The number of anilines is 1. The SMILES string of the molecule is COCCN(Cc1ccccc1N)CC(C)C. The van der Waals surface area contributed by atoms with Gasteiger partial charge in [0.05, 0.1) is 6.61 Å². The minimum Gasteiger partial charge on any atom is -0.398 e. The lowest BCUT2D eigenvalue weighted by Crippen LogP contribution is -2.30. The summed E-state index contributed by atoms with van der Waals surface area (Å²) in [7, 11) is 1.74. The van der Waals surface area contributed by atoms with Crippen molar-refractivity contribution in [3.63, 3.8) is 0 Å². The highest BCUT2D eigenvalue weighted by molar-refractivity contribution is 5.46. The lowest BCUT2D eigenvalue weighted by molar-refractivity contribution is 0.136. The van der Waals surface area contributed by atoms with Crippen LogP contribution in [0.25, 0.3) is 0 Å². The molecule has 0 aliphatic carbocycles. The smallest absolute Gasteiger partial charge is 0.0589 e. The molecule has 0 spiro atoms. The van der Waals surface area contributed by atoms with Gasteiger partial charge in [0.15, 0.2) is 0 Å². The number of nitrogens with two attached hydrogens (primary N) is 1. The fourth-order valence-electron chi connectivity index (χ4n) is 1.89. The summed E-state index contributed by atoms with van der Waals surface area (Å²) in [4.78, 5) is 2.39. The first-order valence-electron chi connectivity index (χ1n) is 6.18. The first-order valence-corrected chi connectivity index (χ1v) is 6.18. The summed E-state index contributed by atoms with van der Waals surface area (Å²) >= 11 is 0. The molecule has 0 aliphatic heterocycles. The van der Waals surface area contributed by atoms with Crippen LogP contribution in [0.5, 0.6) is 0 Å². The van der Waals surface area contributed by atoms with Crippen molar-refractivity contribution < 1.29 is 4.74 Å². The van der Waals surface area contributed by atoms with Crippen molar-refractivity contribution in [1.82, 2.24) is 4.90 Å². The van der Waals surface area contributed by atoms with Gasteiger partial charge in [-0.15, -0.1) is 0 Å². The van der Waals surface area contributed by atoms with Crippen LogP contribution in [0.1, 0.15) is 19.4 Å². The fourth-order valence-corrected chi connectivity index (χ4v) is 1.89. The Hall–Kier alpha value is -1.06. The third-order valence-corrected chi connectivity index (χ3v) is 2.68. The molecule has 1 rings (SSSR count). The van der Waals surface area contributed by atoms with Crippen molar-refractivity contribution in [3.8, 4) is 0 Å². The van der Waals surface area contributed by atoms with Crippen LogP contribution < -0.4 is 5.73 Å². The van der Waals surface area contributed by atoms with Crippen LogP contribution >= 0.6 is 0 Å². The lowest BCUT2D eigenvalue weighted by Gasteiger charge is -2.24. The van der Waals surface area contributed by atoms with E-state index < -0.39 is 0 Å². The van der Waals surface area contributed by atoms with Gasteiger partial charge in [0.1, 0.15) is 0 Å². The van der Waals surface area contributed by atoms with Gasteiger partial charge in [-0.2, -0.15) is 0 Å². The van der Waals surface area contributed by atoms with Gasteiger partial charge in [0.25, 0.3) is 0 Å². The molecule has 1 aromatic rings. The van der Waals surface area contributed by atoms with Crippen molar-refractivity contribution in [2.45, 2.75) is 20.4 Å². The number of nitrogens with zero attached hydrogens (tertiary/aromatic N) is 1. The standard InChI is InChI=1S/C14H24N2O/c1-12(2)10-16(8-9-17-3)11-13-6-4-5-7-14(13)15/h4-7,12H,8-11,15H2,1-3H3. The Bertz CT molecular complexity index is 326. The second-order valence-electron chi connectivity index (χ2n) is 4.82. The monoisotopic (exact) mass is 236 g/mol. The average Bonchev–Trinajstić information content (AvgIpc) is 2.28. The second kappa shape index (κ2) is 7.30. The molecule has 1 aromatic carbocycles. The summed E-state index contributed by atoms with van der Waals surface area (Å²) in [5.74, 6) is 0.650. The van der Waals surface area contributed by atoms with Crippen molar-refractivity contribution >= 4 is 5.69 Å². The maximum atomic E-state index is 5.97. The molecule has 0 saturated heterocycles. The van der Waals surface area contributed by atoms with E-state index in [9.17, 15) is 0 Å². The maximum absolute atomic E-state index is 5.97. The van der Waals surface area contributed by atoms with Crippen molar-refractivity contribution in [1.29, 1.82) is 0 Å². The topological polar surface area (TPSA) is 38.5 Å². The molecule has 0 fully saturated rings. The molecule has 2 N–H and O–H groups in total. The number of hydrogen-bond donors (Lipinski definition) is 1. The molecule has 3 heteroatoms. The molecule has 0 aromatic heterocycles. The van der Waals surface area contributed by atoms with E-state index in [0.29, 0.717) is 5.92 Å². The predicted octanol–water partition coefficient (Wildman–Crippen LogP) is 2.37. The van der Waals surface area contributed by atoms with E-state index in [1.807, 2.05) is 18.2 Å². The number of benzene rings is 1. The predicted molar refractivity (Wildman–Crippen MR) is 72.8 cm³/mol. The highest BCUT2D eigenvalue weighted by Crippen LogP contribution is 2.14. The van der Waals surface area contributed by atoms with Crippen molar-refractivity contribution in [2.75, 3.05) is 32.5 Å². The first-order chi connectivity index (χ1) is 8.13. The molecule has 3 nitrogen and oxygen atoms in total. The van der Waals surface area contributed by atoms with Gasteiger partial charge in [-0.25, -0.2) is 0 Å². The zero-order chi connectivity index (χ0) is 12.7. The van der Waals surface area contributed by atoms with Crippen LogP contribution in [-0.2, 0) is 11.3 Å². The molecule has 17 heavy (non-hydrogen) atoms. The summed E-state index contributed by atoms with van der Waals surface area (Å²) < 4.78 is 5.15. The van der Waals surface area contributed by atoms with E-state index in [4.69, 9.17) is 10.5 Å². The zero-order valence-electron chi connectivity index (χ0n) is 11.1. The lowest BCUT2D eigenvalue weighted by atomic mass is 10.1. The summed E-state index contributed by atoms with van der Waals surface area (Å²) in [6.45, 7) is 8.14. The summed E-state index contributed by atoms with van der Waals surface area (Å²) in [5.41, 5.74) is 8.04. The molecule has 0 bridgehead atoms. The van der Waals surface area contributed by atoms with E-state index in [-0.39, 0.29) is 0 Å². The van der Waals surface area contributed by atoms with Gasteiger partial charge in [-0.05, 0) is 17.5 Å². The van der Waals surface area contributed by atoms with Gasteiger partial charge in [0.2, 0.25) is 0 Å². The Labute approximate surface area is 105 Å². The van der Waals surface area contributed by atoms with Gasteiger partial charge >= 0.3 is 0 Å². The number of para-hydroxylation sites is 1. The van der Waals surface area contributed by atoms with Crippen LogP contribution in [0.4, 0.5) is 5.69 Å². The number of methoxy groups -OCH3 is 1. The number of ether oxygens (including phenoxy) is 1. The third kappa shape index (κ3) is 5.20. The van der Waals surface area contributed by atoms with Gasteiger partial charge in [0, 0.05) is 32.4 Å². The molecule has 96 valence electrons. The van der Waals surface area contributed by atoms with Crippen LogP contribution in [-0.4, -0.2) is 31.7 Å².